The van der Waals surface area contributed by atoms with Crippen LogP contribution in [-0.2, 0) is 11.3 Å². The van der Waals surface area contributed by atoms with Gasteiger partial charge in [0.1, 0.15) is 0 Å². The Bertz CT molecular complexity index is 384. The molecule has 1 saturated heterocycles. The van der Waals surface area contributed by atoms with Crippen LogP contribution in [0.5, 0.6) is 0 Å². The molecule has 1 aliphatic rings. The second-order valence-electron chi connectivity index (χ2n) is 5.84. The second-order valence-corrected chi connectivity index (χ2v) is 5.84. The van der Waals surface area contributed by atoms with Gasteiger partial charge in [-0.3, -0.25) is 4.90 Å². The first-order valence-corrected chi connectivity index (χ1v) is 7.85. The number of benzene rings is 1. The van der Waals surface area contributed by atoms with Crippen LogP contribution in [0, 0.1) is 0 Å². The predicted octanol–water partition coefficient (Wildman–Crippen LogP) is 2.75. The number of hydrogen-bond acceptors (Lipinski definition) is 3. The van der Waals surface area contributed by atoms with E-state index in [9.17, 15) is 0 Å². The van der Waals surface area contributed by atoms with Crippen molar-refractivity contribution in [2.75, 3.05) is 26.2 Å². The van der Waals surface area contributed by atoms with Crippen LogP contribution in [0.25, 0.3) is 0 Å². The van der Waals surface area contributed by atoms with Gasteiger partial charge >= 0.3 is 0 Å². The minimum Gasteiger partial charge on any atom is -0.377 e. The van der Waals surface area contributed by atoms with Gasteiger partial charge in [0.2, 0.25) is 0 Å². The highest BCUT2D eigenvalue weighted by atomic mass is 16.5. The summed E-state index contributed by atoms with van der Waals surface area (Å²) in [6.07, 6.45) is 2.86. The summed E-state index contributed by atoms with van der Waals surface area (Å²) in [5, 5.41) is 0. The van der Waals surface area contributed by atoms with Crippen LogP contribution in [0.15, 0.2) is 24.3 Å². The Morgan fingerprint density at radius 2 is 2.10 bits per heavy atom. The standard InChI is InChI=1S/C17H28N2O/c1-3-19(13-17-5-4-10-20-17)12-15-6-8-16(9-7-15)14(2)11-18/h6-9,14,17H,3-5,10-13,18H2,1-2H3. The smallest absolute Gasteiger partial charge is 0.0702 e. The van der Waals surface area contributed by atoms with Gasteiger partial charge in [0.05, 0.1) is 6.10 Å². The SMILES string of the molecule is CCN(Cc1ccc(C(C)CN)cc1)CC1CCCO1. The van der Waals surface area contributed by atoms with E-state index in [-0.39, 0.29) is 0 Å². The molecule has 1 heterocycles. The number of nitrogens with zero attached hydrogens (tertiary/aromatic N) is 1. The number of ether oxygens (including phenoxy) is 1. The Hall–Kier alpha value is -0.900. The lowest BCUT2D eigenvalue weighted by Gasteiger charge is -2.24. The molecule has 0 aliphatic carbocycles. The van der Waals surface area contributed by atoms with Crippen molar-refractivity contribution < 1.29 is 4.74 Å². The highest BCUT2D eigenvalue weighted by molar-refractivity contribution is 5.25. The first-order chi connectivity index (χ1) is 9.72. The summed E-state index contributed by atoms with van der Waals surface area (Å²) in [6, 6.07) is 8.90. The molecule has 0 amide bonds. The fraction of sp³-hybridized carbons (Fsp3) is 0.647. The molecular weight excluding hydrogens is 248 g/mol. The maximum Gasteiger partial charge on any atom is 0.0702 e. The Kier molecular flexibility index (Phi) is 6.02. The second kappa shape index (κ2) is 7.77. The van der Waals surface area contributed by atoms with Crippen LogP contribution in [0.1, 0.15) is 43.7 Å². The van der Waals surface area contributed by atoms with E-state index in [2.05, 4.69) is 43.0 Å². The van der Waals surface area contributed by atoms with Crippen LogP contribution in [0.3, 0.4) is 0 Å². The van der Waals surface area contributed by atoms with Crippen LogP contribution >= 0.6 is 0 Å². The highest BCUT2D eigenvalue weighted by Gasteiger charge is 2.18. The van der Waals surface area contributed by atoms with Gasteiger partial charge in [0.25, 0.3) is 0 Å². The van der Waals surface area contributed by atoms with Gasteiger partial charge < -0.3 is 10.5 Å². The molecular formula is C17H28N2O. The first-order valence-electron chi connectivity index (χ1n) is 7.85. The molecule has 1 aromatic rings. The third kappa shape index (κ3) is 4.30. The van der Waals surface area contributed by atoms with E-state index in [1.807, 2.05) is 0 Å². The first kappa shape index (κ1) is 15.5. The van der Waals surface area contributed by atoms with Crippen LogP contribution < -0.4 is 5.73 Å². The van der Waals surface area contributed by atoms with Crippen LogP contribution in [0.4, 0.5) is 0 Å². The molecule has 3 nitrogen and oxygen atoms in total. The van der Waals surface area contributed by atoms with Crippen LogP contribution in [-0.4, -0.2) is 37.2 Å². The third-order valence-corrected chi connectivity index (χ3v) is 4.24. The zero-order valence-corrected chi connectivity index (χ0v) is 12.8. The van der Waals surface area contributed by atoms with Crippen molar-refractivity contribution >= 4 is 0 Å². The summed E-state index contributed by atoms with van der Waals surface area (Å²) in [4.78, 5) is 2.47. The van der Waals surface area contributed by atoms with Crippen molar-refractivity contribution in [2.24, 2.45) is 5.73 Å². The Morgan fingerprint density at radius 1 is 1.35 bits per heavy atom. The number of likely N-dealkylation sites (N-methyl/N-ethyl adjacent to an activating group) is 1. The molecule has 2 N–H and O–H groups in total. The third-order valence-electron chi connectivity index (χ3n) is 4.24. The van der Waals surface area contributed by atoms with Gasteiger partial charge in [-0.2, -0.15) is 0 Å². The fourth-order valence-corrected chi connectivity index (χ4v) is 2.73. The Balaban J connectivity index is 1.89. The summed E-state index contributed by atoms with van der Waals surface area (Å²) < 4.78 is 5.73. The molecule has 1 fully saturated rings. The van der Waals surface area contributed by atoms with Gasteiger partial charge in [-0.15, -0.1) is 0 Å². The van der Waals surface area contributed by atoms with Gasteiger partial charge in [-0.05, 0) is 43.0 Å². The largest absolute Gasteiger partial charge is 0.377 e. The van der Waals surface area contributed by atoms with E-state index in [0.717, 1.165) is 26.2 Å². The summed E-state index contributed by atoms with van der Waals surface area (Å²) in [7, 11) is 0. The molecule has 0 bridgehead atoms. The zero-order chi connectivity index (χ0) is 14.4. The van der Waals surface area contributed by atoms with E-state index in [4.69, 9.17) is 10.5 Å². The van der Waals surface area contributed by atoms with Crippen molar-refractivity contribution in [3.63, 3.8) is 0 Å². The van der Waals surface area contributed by atoms with Gasteiger partial charge in [-0.25, -0.2) is 0 Å². The minimum absolute atomic E-state index is 0.437. The fourth-order valence-electron chi connectivity index (χ4n) is 2.73. The lowest BCUT2D eigenvalue weighted by atomic mass is 10.00. The summed E-state index contributed by atoms with van der Waals surface area (Å²) >= 11 is 0. The molecule has 1 aliphatic heterocycles. The van der Waals surface area contributed by atoms with Crippen molar-refractivity contribution in [2.45, 2.75) is 45.3 Å². The Labute approximate surface area is 123 Å². The van der Waals surface area contributed by atoms with Crippen molar-refractivity contribution in [3.05, 3.63) is 35.4 Å². The van der Waals surface area contributed by atoms with Gasteiger partial charge in [-0.1, -0.05) is 38.1 Å². The normalized spacial score (nSPS) is 20.5. The summed E-state index contributed by atoms with van der Waals surface area (Å²) in [6.45, 7) is 9.17. The van der Waals surface area contributed by atoms with Crippen molar-refractivity contribution in [1.82, 2.24) is 4.90 Å². The maximum absolute atomic E-state index is 5.73. The van der Waals surface area contributed by atoms with E-state index in [1.165, 1.54) is 24.0 Å². The van der Waals surface area contributed by atoms with E-state index in [0.29, 0.717) is 18.6 Å². The Morgan fingerprint density at radius 3 is 2.65 bits per heavy atom. The molecule has 2 atom stereocenters. The average molecular weight is 276 g/mol. The maximum atomic E-state index is 5.73. The number of nitrogens with two attached hydrogens (primary N) is 1. The number of rotatable bonds is 7. The molecule has 1 aromatic carbocycles. The molecule has 0 spiro atoms. The van der Waals surface area contributed by atoms with E-state index < -0.39 is 0 Å². The lowest BCUT2D eigenvalue weighted by Crippen LogP contribution is -2.31. The van der Waals surface area contributed by atoms with Gasteiger partial charge in [0.15, 0.2) is 0 Å². The van der Waals surface area contributed by atoms with Crippen molar-refractivity contribution in [3.8, 4) is 0 Å². The van der Waals surface area contributed by atoms with E-state index >= 15 is 0 Å². The molecule has 2 rings (SSSR count). The molecule has 112 valence electrons. The number of hydrogen-bond donors (Lipinski definition) is 1. The molecule has 0 radical (unpaired) electrons. The quantitative estimate of drug-likeness (QED) is 0.832. The summed E-state index contributed by atoms with van der Waals surface area (Å²) in [5.41, 5.74) is 8.42. The van der Waals surface area contributed by atoms with Crippen LogP contribution in [0.2, 0.25) is 0 Å². The molecule has 20 heavy (non-hydrogen) atoms. The highest BCUT2D eigenvalue weighted by Crippen LogP contribution is 2.17. The average Bonchev–Trinajstić information content (AvgIpc) is 2.99. The minimum atomic E-state index is 0.437. The zero-order valence-electron chi connectivity index (χ0n) is 12.8. The topological polar surface area (TPSA) is 38.5 Å². The lowest BCUT2D eigenvalue weighted by molar-refractivity contribution is 0.0725. The van der Waals surface area contributed by atoms with E-state index in [1.54, 1.807) is 0 Å². The van der Waals surface area contributed by atoms with Gasteiger partial charge in [0, 0.05) is 19.7 Å². The predicted molar refractivity (Wildman–Crippen MR) is 83.8 cm³/mol. The molecule has 3 heteroatoms. The molecule has 2 unspecified atom stereocenters. The molecule has 0 aromatic heterocycles. The molecule has 0 saturated carbocycles. The monoisotopic (exact) mass is 276 g/mol. The van der Waals surface area contributed by atoms with Crippen molar-refractivity contribution in [1.29, 1.82) is 0 Å². The summed E-state index contributed by atoms with van der Waals surface area (Å²) in [5.74, 6) is 0.443.